The number of hydrazine groups is 1. The predicted molar refractivity (Wildman–Crippen MR) is 64.9 cm³/mol. The Balaban J connectivity index is 1.90. The third-order valence-corrected chi connectivity index (χ3v) is 3.91. The maximum atomic E-state index is 6.17. The molecule has 1 saturated heterocycles. The van der Waals surface area contributed by atoms with Gasteiger partial charge in [-0.2, -0.15) is 0 Å². The molecular weight excluding hydrogens is 198 g/mol. The molecule has 3 unspecified atom stereocenters. The highest BCUT2D eigenvalue weighted by Gasteiger charge is 2.31. The summed E-state index contributed by atoms with van der Waals surface area (Å²) < 4.78 is 0. The monoisotopic (exact) mass is 217 g/mol. The molecule has 1 aliphatic carbocycles. The summed E-state index contributed by atoms with van der Waals surface area (Å²) in [5, 5.41) is 0. The van der Waals surface area contributed by atoms with Gasteiger partial charge in [0.05, 0.1) is 6.04 Å². The molecule has 3 nitrogen and oxygen atoms in total. The number of fused-ring (bicyclic) bond motifs is 1. The van der Waals surface area contributed by atoms with Gasteiger partial charge in [0.25, 0.3) is 0 Å². The van der Waals surface area contributed by atoms with E-state index in [9.17, 15) is 0 Å². The normalized spacial score (nSPS) is 33.0. The molecule has 0 amide bonds. The van der Waals surface area contributed by atoms with Crippen molar-refractivity contribution >= 4 is 0 Å². The van der Waals surface area contributed by atoms with E-state index in [0.717, 1.165) is 0 Å². The number of aryl methyl sites for hydroxylation is 2. The molecule has 1 heterocycles. The summed E-state index contributed by atoms with van der Waals surface area (Å²) in [6.07, 6.45) is 3.78. The van der Waals surface area contributed by atoms with Gasteiger partial charge in [-0.1, -0.05) is 18.2 Å². The number of nitrogens with two attached hydrogens (primary N) is 1. The first-order valence-electron chi connectivity index (χ1n) is 6.14. The summed E-state index contributed by atoms with van der Waals surface area (Å²) in [7, 11) is 0. The first-order valence-corrected chi connectivity index (χ1v) is 6.14. The van der Waals surface area contributed by atoms with E-state index in [1.165, 1.54) is 36.0 Å². The van der Waals surface area contributed by atoms with Crippen molar-refractivity contribution in [2.45, 2.75) is 44.3 Å². The van der Waals surface area contributed by atoms with Gasteiger partial charge in [-0.15, -0.1) is 0 Å². The van der Waals surface area contributed by atoms with Gasteiger partial charge in [0.2, 0.25) is 0 Å². The van der Waals surface area contributed by atoms with Crippen LogP contribution in [0.5, 0.6) is 0 Å². The number of hydrogen-bond donors (Lipinski definition) is 3. The van der Waals surface area contributed by atoms with Crippen LogP contribution in [0.2, 0.25) is 0 Å². The first kappa shape index (κ1) is 10.3. The highest BCUT2D eigenvalue weighted by molar-refractivity contribution is 5.37. The Morgan fingerprint density at radius 1 is 1.19 bits per heavy atom. The SMILES string of the molecule is CC1NNC(c2ccc3c(c2)CCC3)C1N. The maximum Gasteiger partial charge on any atom is 0.0629 e. The molecule has 2 aliphatic rings. The molecule has 0 saturated carbocycles. The van der Waals surface area contributed by atoms with Crippen molar-refractivity contribution in [1.82, 2.24) is 10.9 Å². The maximum absolute atomic E-state index is 6.17. The molecule has 0 bridgehead atoms. The van der Waals surface area contributed by atoms with Crippen LogP contribution in [0.3, 0.4) is 0 Å². The van der Waals surface area contributed by atoms with E-state index in [0.29, 0.717) is 6.04 Å². The highest BCUT2D eigenvalue weighted by Crippen LogP contribution is 2.28. The standard InChI is InChI=1S/C13H19N3/c1-8-12(14)13(16-15-8)11-6-5-9-3-2-4-10(9)7-11/h5-8,12-13,15-16H,2-4,14H2,1H3. The van der Waals surface area contributed by atoms with E-state index in [-0.39, 0.29) is 12.1 Å². The Hall–Kier alpha value is -0.900. The summed E-state index contributed by atoms with van der Waals surface area (Å²) in [5.41, 5.74) is 17.0. The van der Waals surface area contributed by atoms with E-state index in [1.807, 2.05) is 0 Å². The Morgan fingerprint density at radius 3 is 2.75 bits per heavy atom. The number of rotatable bonds is 1. The second-order valence-corrected chi connectivity index (χ2v) is 5.01. The Kier molecular flexibility index (Phi) is 2.46. The third-order valence-electron chi connectivity index (χ3n) is 3.91. The second-order valence-electron chi connectivity index (χ2n) is 5.01. The molecule has 1 aliphatic heterocycles. The molecule has 3 rings (SSSR count). The number of hydrogen-bond acceptors (Lipinski definition) is 3. The number of benzene rings is 1. The van der Waals surface area contributed by atoms with Gasteiger partial charge >= 0.3 is 0 Å². The molecule has 0 spiro atoms. The topological polar surface area (TPSA) is 50.1 Å². The molecule has 0 radical (unpaired) electrons. The van der Waals surface area contributed by atoms with E-state index >= 15 is 0 Å². The molecule has 4 N–H and O–H groups in total. The van der Waals surface area contributed by atoms with E-state index in [4.69, 9.17) is 5.73 Å². The highest BCUT2D eigenvalue weighted by atomic mass is 15.4. The van der Waals surface area contributed by atoms with E-state index in [2.05, 4.69) is 36.0 Å². The first-order chi connectivity index (χ1) is 7.75. The van der Waals surface area contributed by atoms with Crippen molar-refractivity contribution < 1.29 is 0 Å². The molecule has 86 valence electrons. The fourth-order valence-corrected chi connectivity index (χ4v) is 2.79. The lowest BCUT2D eigenvalue weighted by atomic mass is 9.95. The smallest absolute Gasteiger partial charge is 0.0629 e. The lowest BCUT2D eigenvalue weighted by Gasteiger charge is -2.17. The number of nitrogens with one attached hydrogen (secondary N) is 2. The van der Waals surface area contributed by atoms with Crippen LogP contribution >= 0.6 is 0 Å². The van der Waals surface area contributed by atoms with Gasteiger partial charge < -0.3 is 5.73 Å². The zero-order chi connectivity index (χ0) is 11.1. The van der Waals surface area contributed by atoms with Crippen LogP contribution in [0, 0.1) is 0 Å². The summed E-state index contributed by atoms with van der Waals surface area (Å²) in [6, 6.07) is 7.56. The fourth-order valence-electron chi connectivity index (χ4n) is 2.79. The van der Waals surface area contributed by atoms with Crippen molar-refractivity contribution in [2.75, 3.05) is 0 Å². The van der Waals surface area contributed by atoms with Crippen LogP contribution in [0.15, 0.2) is 18.2 Å². The summed E-state index contributed by atoms with van der Waals surface area (Å²) >= 11 is 0. The largest absolute Gasteiger partial charge is 0.325 e. The van der Waals surface area contributed by atoms with Gasteiger partial charge in [-0.05, 0) is 42.9 Å². The third kappa shape index (κ3) is 1.56. The van der Waals surface area contributed by atoms with Gasteiger partial charge in [-0.3, -0.25) is 5.43 Å². The minimum Gasteiger partial charge on any atom is -0.325 e. The van der Waals surface area contributed by atoms with Crippen molar-refractivity contribution in [2.24, 2.45) is 5.73 Å². The van der Waals surface area contributed by atoms with E-state index < -0.39 is 0 Å². The fraction of sp³-hybridized carbons (Fsp3) is 0.538. The summed E-state index contributed by atoms with van der Waals surface area (Å²) in [5.74, 6) is 0. The van der Waals surface area contributed by atoms with Crippen molar-refractivity contribution in [1.29, 1.82) is 0 Å². The van der Waals surface area contributed by atoms with Crippen LogP contribution in [-0.2, 0) is 12.8 Å². The van der Waals surface area contributed by atoms with Crippen molar-refractivity contribution in [3.8, 4) is 0 Å². The summed E-state index contributed by atoms with van der Waals surface area (Å²) in [6.45, 7) is 2.12. The van der Waals surface area contributed by atoms with Gasteiger partial charge in [-0.25, -0.2) is 5.43 Å². The second kappa shape index (κ2) is 3.84. The van der Waals surface area contributed by atoms with Crippen LogP contribution in [0.1, 0.15) is 36.1 Å². The molecule has 16 heavy (non-hydrogen) atoms. The average Bonchev–Trinajstić information content (AvgIpc) is 2.86. The van der Waals surface area contributed by atoms with Crippen LogP contribution in [0.25, 0.3) is 0 Å². The molecule has 0 aromatic heterocycles. The van der Waals surface area contributed by atoms with Crippen molar-refractivity contribution in [3.05, 3.63) is 34.9 Å². The molecule has 3 heteroatoms. The summed E-state index contributed by atoms with van der Waals surface area (Å²) in [4.78, 5) is 0. The lowest BCUT2D eigenvalue weighted by Crippen LogP contribution is -2.35. The predicted octanol–water partition coefficient (Wildman–Crippen LogP) is 1.04. The van der Waals surface area contributed by atoms with Gasteiger partial charge in [0.15, 0.2) is 0 Å². The minimum atomic E-state index is 0.152. The van der Waals surface area contributed by atoms with Gasteiger partial charge in [0, 0.05) is 12.1 Å². The average molecular weight is 217 g/mol. The molecular formula is C13H19N3. The minimum absolute atomic E-state index is 0.152. The Bertz CT molecular complexity index is 402. The van der Waals surface area contributed by atoms with E-state index in [1.54, 1.807) is 0 Å². The van der Waals surface area contributed by atoms with Crippen molar-refractivity contribution in [3.63, 3.8) is 0 Å². The molecule has 1 aromatic rings. The molecule has 1 fully saturated rings. The zero-order valence-corrected chi connectivity index (χ0v) is 9.66. The Morgan fingerprint density at radius 2 is 2.00 bits per heavy atom. The van der Waals surface area contributed by atoms with Crippen LogP contribution in [0.4, 0.5) is 0 Å². The molecule has 3 atom stereocenters. The lowest BCUT2D eigenvalue weighted by molar-refractivity contribution is 0.549. The van der Waals surface area contributed by atoms with Gasteiger partial charge in [0.1, 0.15) is 0 Å². The van der Waals surface area contributed by atoms with Crippen LogP contribution < -0.4 is 16.6 Å². The molecule has 1 aromatic carbocycles. The Labute approximate surface area is 96.4 Å². The quantitative estimate of drug-likeness (QED) is 0.659. The zero-order valence-electron chi connectivity index (χ0n) is 9.66. The van der Waals surface area contributed by atoms with Crippen LogP contribution in [-0.4, -0.2) is 12.1 Å².